The van der Waals surface area contributed by atoms with Crippen molar-refractivity contribution in [1.29, 1.82) is 0 Å². The van der Waals surface area contributed by atoms with Crippen LogP contribution >= 0.6 is 0 Å². The van der Waals surface area contributed by atoms with Crippen LogP contribution < -0.4 is 32.9 Å². The highest BCUT2D eigenvalue weighted by Gasteiger charge is 2.33. The smallest absolute Gasteiger partial charge is 0.403 e. The average Bonchev–Trinajstić information content (AvgIpc) is 3.35. The van der Waals surface area contributed by atoms with Gasteiger partial charge in [0.25, 0.3) is 0 Å². The first-order valence-electron chi connectivity index (χ1n) is 14.6. The molecule has 14 heteroatoms. The van der Waals surface area contributed by atoms with E-state index in [1.807, 2.05) is 32.9 Å². The zero-order valence-electron chi connectivity index (χ0n) is 25.3. The van der Waals surface area contributed by atoms with E-state index in [2.05, 4.69) is 25.0 Å². The molecule has 2 aromatic carbocycles. The lowest BCUT2D eigenvalue weighted by Gasteiger charge is -2.20. The first-order valence-corrected chi connectivity index (χ1v) is 14.6. The molecular formula is C31H38F4N8O2. The largest absolute Gasteiger partial charge is 0.573 e. The van der Waals surface area contributed by atoms with Gasteiger partial charge in [0.15, 0.2) is 17.5 Å². The summed E-state index contributed by atoms with van der Waals surface area (Å²) in [6.45, 7) is 6.39. The predicted octanol–water partition coefficient (Wildman–Crippen LogP) is 4.79. The number of nitrogens with zero attached hydrogens (tertiary/aromatic N) is 3. The second kappa shape index (κ2) is 14.1. The number of ether oxygens (including phenoxy) is 1. The number of aromatic nitrogens is 3. The molecule has 0 spiro atoms. The summed E-state index contributed by atoms with van der Waals surface area (Å²) >= 11 is 0. The van der Waals surface area contributed by atoms with Crippen LogP contribution in [0.15, 0.2) is 58.4 Å². The van der Waals surface area contributed by atoms with Gasteiger partial charge in [0, 0.05) is 41.8 Å². The number of nitrogens with one attached hydrogen (secondary N) is 2. The molecule has 8 N–H and O–H groups in total. The van der Waals surface area contributed by atoms with E-state index in [1.54, 1.807) is 18.3 Å². The molecule has 0 bridgehead atoms. The van der Waals surface area contributed by atoms with E-state index >= 15 is 4.39 Å². The van der Waals surface area contributed by atoms with Gasteiger partial charge in [0.05, 0.1) is 11.4 Å². The summed E-state index contributed by atoms with van der Waals surface area (Å²) in [6, 6.07) is 11.5. The maximum Gasteiger partial charge on any atom is 0.573 e. The van der Waals surface area contributed by atoms with Crippen LogP contribution in [-0.2, 0) is 6.42 Å². The van der Waals surface area contributed by atoms with E-state index in [0.29, 0.717) is 42.4 Å². The molecule has 0 aliphatic carbocycles. The summed E-state index contributed by atoms with van der Waals surface area (Å²) in [4.78, 5) is 23.9. The molecule has 4 aromatic rings. The van der Waals surface area contributed by atoms with Gasteiger partial charge in [-0.2, -0.15) is 4.98 Å². The fourth-order valence-corrected chi connectivity index (χ4v) is 5.06. The molecule has 0 unspecified atom stereocenters. The number of halogens is 4. The first kappa shape index (κ1) is 33.5. The average molecular weight is 631 g/mol. The summed E-state index contributed by atoms with van der Waals surface area (Å²) in [5.74, 6) is -2.07. The topological polar surface area (TPSA) is 162 Å². The molecule has 0 aliphatic rings. The third-order valence-electron chi connectivity index (χ3n) is 7.31. The van der Waals surface area contributed by atoms with E-state index in [4.69, 9.17) is 17.2 Å². The van der Waals surface area contributed by atoms with Gasteiger partial charge in [-0.05, 0) is 87.9 Å². The number of alkyl halides is 3. The quantitative estimate of drug-likeness (QED) is 0.0806. The van der Waals surface area contributed by atoms with Crippen molar-refractivity contribution in [2.24, 2.45) is 22.2 Å². The van der Waals surface area contributed by atoms with E-state index in [1.165, 1.54) is 16.7 Å². The minimum absolute atomic E-state index is 0.00777. The minimum Gasteiger partial charge on any atom is -0.403 e. The zero-order valence-corrected chi connectivity index (χ0v) is 25.3. The number of aliphatic imine (C=N–C) groups is 1. The molecule has 0 amide bonds. The molecule has 2 heterocycles. The molecule has 2 aromatic heterocycles. The normalized spacial score (nSPS) is 13.9. The molecule has 0 fully saturated rings. The number of rotatable bonds is 13. The summed E-state index contributed by atoms with van der Waals surface area (Å²) < 4.78 is 60.0. The van der Waals surface area contributed by atoms with Gasteiger partial charge in [0.1, 0.15) is 5.65 Å². The van der Waals surface area contributed by atoms with E-state index in [9.17, 15) is 18.0 Å². The maximum atomic E-state index is 15.4. The number of guanidine groups is 1. The summed E-state index contributed by atoms with van der Waals surface area (Å²) in [6.07, 6.45) is -1.19. The second-order valence-corrected chi connectivity index (χ2v) is 11.2. The number of fused-ring (bicyclic) bond motifs is 1. The van der Waals surface area contributed by atoms with Crippen molar-refractivity contribution >= 4 is 17.0 Å². The number of nitrogens with two attached hydrogens (primary N) is 3. The fourth-order valence-electron chi connectivity index (χ4n) is 5.06. The Bertz CT molecular complexity index is 1690. The van der Waals surface area contributed by atoms with Crippen molar-refractivity contribution in [2.45, 2.75) is 70.9 Å². The third-order valence-corrected chi connectivity index (χ3v) is 7.31. The summed E-state index contributed by atoms with van der Waals surface area (Å²) in [5.41, 5.74) is 18.1. The van der Waals surface area contributed by atoms with Crippen molar-refractivity contribution in [3.8, 4) is 22.7 Å². The Labute approximate surface area is 257 Å². The van der Waals surface area contributed by atoms with Crippen LogP contribution in [-0.4, -0.2) is 45.5 Å². The van der Waals surface area contributed by atoms with Crippen molar-refractivity contribution in [1.82, 2.24) is 19.9 Å². The Morgan fingerprint density at radius 2 is 1.82 bits per heavy atom. The van der Waals surface area contributed by atoms with Crippen molar-refractivity contribution in [2.75, 3.05) is 6.54 Å². The van der Waals surface area contributed by atoms with Crippen molar-refractivity contribution in [3.63, 3.8) is 0 Å². The molecule has 0 saturated carbocycles. The number of hydrogen-bond donors (Lipinski definition) is 5. The Balaban J connectivity index is 1.60. The van der Waals surface area contributed by atoms with Crippen LogP contribution in [0.1, 0.15) is 57.2 Å². The van der Waals surface area contributed by atoms with Crippen LogP contribution in [0.5, 0.6) is 5.75 Å². The lowest BCUT2D eigenvalue weighted by Crippen LogP contribution is -2.30. The lowest BCUT2D eigenvalue weighted by atomic mass is 10.0. The molecule has 10 nitrogen and oxygen atoms in total. The van der Waals surface area contributed by atoms with Gasteiger partial charge in [-0.1, -0.05) is 12.1 Å². The molecule has 0 radical (unpaired) electrons. The van der Waals surface area contributed by atoms with Crippen LogP contribution in [0, 0.1) is 5.82 Å². The van der Waals surface area contributed by atoms with E-state index in [-0.39, 0.29) is 41.0 Å². The lowest BCUT2D eigenvalue weighted by molar-refractivity contribution is -0.275. The predicted molar refractivity (Wildman–Crippen MR) is 167 cm³/mol. The van der Waals surface area contributed by atoms with E-state index in [0.717, 1.165) is 18.1 Å². The number of benzene rings is 2. The minimum atomic E-state index is -5.08. The Morgan fingerprint density at radius 3 is 2.47 bits per heavy atom. The van der Waals surface area contributed by atoms with Gasteiger partial charge in [-0.3, -0.25) is 9.56 Å². The highest BCUT2D eigenvalue weighted by atomic mass is 19.4. The van der Waals surface area contributed by atoms with Crippen LogP contribution in [0.4, 0.5) is 17.6 Å². The molecule has 4 rings (SSSR count). The summed E-state index contributed by atoms with van der Waals surface area (Å²) in [7, 11) is 0. The van der Waals surface area contributed by atoms with Crippen LogP contribution in [0.2, 0.25) is 0 Å². The van der Waals surface area contributed by atoms with Gasteiger partial charge in [0.2, 0.25) is 0 Å². The number of aryl methyl sites for hydroxylation is 1. The molecule has 0 saturated heterocycles. The highest BCUT2D eigenvalue weighted by Crippen LogP contribution is 2.35. The Hall–Kier alpha value is -4.43. The molecular weight excluding hydrogens is 592 g/mol. The van der Waals surface area contributed by atoms with Crippen LogP contribution in [0.25, 0.3) is 28.0 Å². The standard InChI is InChI=1S/C31H38F4N8O2/c1-17(36)5-4-6-20-13-24(27(32)26(14-20)45-31(33,34)35)25-15-22-16-43(30(44)42-28(22)41-25)23-9-7-21(8-10-23)19(3)40-18(2)11-12-39-29(37)38/h7-10,13-19,40H,4-6,11-12,36H2,1-3H3,(H4,37,38,39)(H,41,42,44)/t17-,18-,19-/m0/s1. The number of hydrogen-bond acceptors (Lipinski definition) is 6. The molecule has 45 heavy (non-hydrogen) atoms. The zero-order chi connectivity index (χ0) is 32.9. The third kappa shape index (κ3) is 9.05. The monoisotopic (exact) mass is 630 g/mol. The molecule has 242 valence electrons. The maximum absolute atomic E-state index is 15.4. The summed E-state index contributed by atoms with van der Waals surface area (Å²) in [5, 5.41) is 3.94. The van der Waals surface area contributed by atoms with Crippen molar-refractivity contribution in [3.05, 3.63) is 76.1 Å². The first-order chi connectivity index (χ1) is 21.2. The van der Waals surface area contributed by atoms with Gasteiger partial charge >= 0.3 is 12.1 Å². The second-order valence-electron chi connectivity index (χ2n) is 11.2. The van der Waals surface area contributed by atoms with Crippen molar-refractivity contribution < 1.29 is 22.3 Å². The highest BCUT2D eigenvalue weighted by molar-refractivity contribution is 5.83. The molecule has 0 aliphatic heterocycles. The number of aromatic amines is 1. The Morgan fingerprint density at radius 1 is 1.11 bits per heavy atom. The number of H-pyrrole nitrogens is 1. The van der Waals surface area contributed by atoms with Crippen LogP contribution in [0.3, 0.4) is 0 Å². The van der Waals surface area contributed by atoms with Gasteiger partial charge < -0.3 is 32.2 Å². The fraction of sp³-hybridized carbons (Fsp3) is 0.387. The van der Waals surface area contributed by atoms with Gasteiger partial charge in [-0.25, -0.2) is 9.18 Å². The molecule has 3 atom stereocenters. The Kier molecular flexibility index (Phi) is 10.5. The van der Waals surface area contributed by atoms with Gasteiger partial charge in [-0.15, -0.1) is 13.2 Å². The SMILES string of the molecule is C[C@H](N)CCCc1cc(OC(F)(F)F)c(F)c(-c2cc3cn(-c4ccc([C@H](C)N[C@@H](C)CCN=C(N)N)cc4)c(=O)nc3[nH]2)c1. The van der Waals surface area contributed by atoms with E-state index < -0.39 is 23.6 Å².